The van der Waals surface area contributed by atoms with Gasteiger partial charge in [0, 0.05) is 6.20 Å². The SMILES string of the molecule is CC(C)(C)OC(=O)Cc1cccnc1CC(=O)OC(C)(C)C. The van der Waals surface area contributed by atoms with Crippen LogP contribution in [0.4, 0.5) is 0 Å². The van der Waals surface area contributed by atoms with Crippen molar-refractivity contribution in [3.8, 4) is 0 Å². The molecule has 0 aliphatic rings. The first kappa shape index (κ1) is 18.1. The van der Waals surface area contributed by atoms with Crippen LogP contribution in [0.15, 0.2) is 18.3 Å². The zero-order valence-electron chi connectivity index (χ0n) is 14.2. The van der Waals surface area contributed by atoms with E-state index in [9.17, 15) is 9.59 Å². The van der Waals surface area contributed by atoms with Gasteiger partial charge in [-0.15, -0.1) is 0 Å². The molecule has 0 saturated heterocycles. The van der Waals surface area contributed by atoms with E-state index in [1.165, 1.54) is 0 Å². The van der Waals surface area contributed by atoms with Gasteiger partial charge in [0.2, 0.25) is 0 Å². The van der Waals surface area contributed by atoms with Crippen molar-refractivity contribution in [3.63, 3.8) is 0 Å². The van der Waals surface area contributed by atoms with Crippen LogP contribution < -0.4 is 0 Å². The average molecular weight is 307 g/mol. The van der Waals surface area contributed by atoms with E-state index in [-0.39, 0.29) is 24.8 Å². The van der Waals surface area contributed by atoms with Crippen molar-refractivity contribution in [2.75, 3.05) is 0 Å². The zero-order valence-corrected chi connectivity index (χ0v) is 14.2. The Bertz CT molecular complexity index is 489. The third kappa shape index (κ3) is 7.20. The summed E-state index contributed by atoms with van der Waals surface area (Å²) in [5.41, 5.74) is 0.146. The molecule has 0 atom stereocenters. The minimum absolute atomic E-state index is 0.0379. The molecule has 0 aliphatic carbocycles. The van der Waals surface area contributed by atoms with Crippen molar-refractivity contribution in [3.05, 3.63) is 29.6 Å². The lowest BCUT2D eigenvalue weighted by molar-refractivity contribution is -0.155. The molecular formula is C17H25NO4. The Morgan fingerprint density at radius 1 is 0.955 bits per heavy atom. The van der Waals surface area contributed by atoms with E-state index in [1.54, 1.807) is 18.3 Å². The van der Waals surface area contributed by atoms with Crippen molar-refractivity contribution < 1.29 is 19.1 Å². The molecule has 1 aromatic heterocycles. The summed E-state index contributed by atoms with van der Waals surface area (Å²) in [4.78, 5) is 28.0. The first-order chi connectivity index (χ1) is 9.96. The number of esters is 2. The lowest BCUT2D eigenvalue weighted by Crippen LogP contribution is -2.26. The van der Waals surface area contributed by atoms with Crippen molar-refractivity contribution in [1.82, 2.24) is 4.98 Å². The van der Waals surface area contributed by atoms with Crippen molar-refractivity contribution >= 4 is 11.9 Å². The van der Waals surface area contributed by atoms with Gasteiger partial charge in [-0.25, -0.2) is 0 Å². The van der Waals surface area contributed by atoms with Gasteiger partial charge in [-0.05, 0) is 53.2 Å². The van der Waals surface area contributed by atoms with Crippen LogP contribution in [0.3, 0.4) is 0 Å². The van der Waals surface area contributed by atoms with Crippen molar-refractivity contribution in [1.29, 1.82) is 0 Å². The number of hydrogen-bond acceptors (Lipinski definition) is 5. The number of rotatable bonds is 4. The molecule has 1 aromatic rings. The molecule has 0 N–H and O–H groups in total. The Labute approximate surface area is 132 Å². The largest absolute Gasteiger partial charge is 0.460 e. The highest BCUT2D eigenvalue weighted by atomic mass is 16.6. The number of pyridine rings is 1. The van der Waals surface area contributed by atoms with E-state index in [4.69, 9.17) is 9.47 Å². The normalized spacial score (nSPS) is 11.9. The fraction of sp³-hybridized carbons (Fsp3) is 0.588. The first-order valence-corrected chi connectivity index (χ1v) is 7.33. The summed E-state index contributed by atoms with van der Waals surface area (Å²) >= 11 is 0. The second kappa shape index (κ2) is 6.90. The average Bonchev–Trinajstić information content (AvgIpc) is 2.26. The highest BCUT2D eigenvalue weighted by Gasteiger charge is 2.21. The number of aromatic nitrogens is 1. The Balaban J connectivity index is 2.78. The monoisotopic (exact) mass is 307 g/mol. The van der Waals surface area contributed by atoms with Crippen molar-refractivity contribution in [2.45, 2.75) is 65.6 Å². The first-order valence-electron chi connectivity index (χ1n) is 7.33. The fourth-order valence-corrected chi connectivity index (χ4v) is 1.84. The van der Waals surface area contributed by atoms with Crippen LogP contribution >= 0.6 is 0 Å². The third-order valence-electron chi connectivity index (χ3n) is 2.47. The van der Waals surface area contributed by atoms with E-state index in [2.05, 4.69) is 4.98 Å². The predicted molar refractivity (Wildman–Crippen MR) is 83.3 cm³/mol. The number of carbonyl (C=O) groups is 2. The molecule has 0 aromatic carbocycles. The maximum Gasteiger partial charge on any atom is 0.312 e. The molecule has 0 fully saturated rings. The van der Waals surface area contributed by atoms with Gasteiger partial charge in [0.15, 0.2) is 0 Å². The van der Waals surface area contributed by atoms with Gasteiger partial charge >= 0.3 is 11.9 Å². The number of hydrogen-bond donors (Lipinski definition) is 0. The van der Waals surface area contributed by atoms with Crippen molar-refractivity contribution in [2.24, 2.45) is 0 Å². The molecule has 1 rings (SSSR count). The van der Waals surface area contributed by atoms with Gasteiger partial charge in [0.05, 0.1) is 18.5 Å². The molecule has 0 radical (unpaired) electrons. The zero-order chi connectivity index (χ0) is 17.0. The molecule has 5 nitrogen and oxygen atoms in total. The van der Waals surface area contributed by atoms with E-state index in [0.29, 0.717) is 11.3 Å². The van der Waals surface area contributed by atoms with Crippen LogP contribution in [0.25, 0.3) is 0 Å². The van der Waals surface area contributed by atoms with E-state index < -0.39 is 11.2 Å². The lowest BCUT2D eigenvalue weighted by Gasteiger charge is -2.21. The van der Waals surface area contributed by atoms with E-state index in [1.807, 2.05) is 41.5 Å². The van der Waals surface area contributed by atoms with E-state index >= 15 is 0 Å². The molecule has 1 heterocycles. The minimum Gasteiger partial charge on any atom is -0.460 e. The predicted octanol–water partition coefficient (Wildman–Crippen LogP) is 2.85. The lowest BCUT2D eigenvalue weighted by atomic mass is 10.1. The number of nitrogens with zero attached hydrogens (tertiary/aromatic N) is 1. The summed E-state index contributed by atoms with van der Waals surface area (Å²) < 4.78 is 10.6. The standard InChI is InChI=1S/C17H25NO4/c1-16(2,3)21-14(19)10-12-8-7-9-18-13(12)11-15(20)22-17(4,5)6/h7-9H,10-11H2,1-6H3. The minimum atomic E-state index is -0.544. The number of carbonyl (C=O) groups excluding carboxylic acids is 2. The van der Waals surface area contributed by atoms with Crippen LogP contribution in [-0.2, 0) is 31.9 Å². The molecule has 0 amide bonds. The summed E-state index contributed by atoms with van der Waals surface area (Å²) in [5, 5.41) is 0. The van der Waals surface area contributed by atoms with Gasteiger partial charge < -0.3 is 9.47 Å². The summed E-state index contributed by atoms with van der Waals surface area (Å²) in [6.07, 6.45) is 1.72. The molecule has 0 unspecified atom stereocenters. The molecular weight excluding hydrogens is 282 g/mol. The Kier molecular flexibility index (Phi) is 5.69. The fourth-order valence-electron chi connectivity index (χ4n) is 1.84. The Morgan fingerprint density at radius 3 is 1.95 bits per heavy atom. The molecule has 5 heteroatoms. The summed E-state index contributed by atoms with van der Waals surface area (Å²) in [6, 6.07) is 3.51. The Hall–Kier alpha value is -1.91. The van der Waals surface area contributed by atoms with Gasteiger partial charge in [0.25, 0.3) is 0 Å². The topological polar surface area (TPSA) is 65.5 Å². The molecule has 22 heavy (non-hydrogen) atoms. The van der Waals surface area contributed by atoms with Gasteiger partial charge in [-0.1, -0.05) is 6.07 Å². The maximum absolute atomic E-state index is 11.9. The Morgan fingerprint density at radius 2 is 1.45 bits per heavy atom. The summed E-state index contributed by atoms with van der Waals surface area (Å²) in [6.45, 7) is 10.9. The molecule has 0 spiro atoms. The second-order valence-electron chi connectivity index (χ2n) is 7.14. The van der Waals surface area contributed by atoms with Crippen LogP contribution in [0, 0.1) is 0 Å². The van der Waals surface area contributed by atoms with E-state index in [0.717, 1.165) is 0 Å². The highest BCUT2D eigenvalue weighted by molar-refractivity contribution is 5.76. The van der Waals surface area contributed by atoms with Crippen LogP contribution in [0.5, 0.6) is 0 Å². The maximum atomic E-state index is 11.9. The third-order valence-corrected chi connectivity index (χ3v) is 2.47. The van der Waals surface area contributed by atoms with Crippen LogP contribution in [-0.4, -0.2) is 28.1 Å². The highest BCUT2D eigenvalue weighted by Crippen LogP contribution is 2.14. The summed E-state index contributed by atoms with van der Waals surface area (Å²) in [7, 11) is 0. The van der Waals surface area contributed by atoms with Gasteiger partial charge in [-0.3, -0.25) is 14.6 Å². The van der Waals surface area contributed by atoms with Crippen LogP contribution in [0.2, 0.25) is 0 Å². The van der Waals surface area contributed by atoms with Crippen LogP contribution in [0.1, 0.15) is 52.8 Å². The smallest absolute Gasteiger partial charge is 0.312 e. The molecule has 0 bridgehead atoms. The van der Waals surface area contributed by atoms with Gasteiger partial charge in [-0.2, -0.15) is 0 Å². The molecule has 0 aliphatic heterocycles. The molecule has 122 valence electrons. The molecule has 0 saturated carbocycles. The van der Waals surface area contributed by atoms with Gasteiger partial charge in [0.1, 0.15) is 11.2 Å². The number of ether oxygens (including phenoxy) is 2. The second-order valence-corrected chi connectivity index (χ2v) is 7.14. The quantitative estimate of drug-likeness (QED) is 0.800. The summed E-state index contributed by atoms with van der Waals surface area (Å²) in [5.74, 6) is -0.706.